The number of anilines is 1. The van der Waals surface area contributed by atoms with Gasteiger partial charge in [0, 0.05) is 22.7 Å². The lowest BCUT2D eigenvalue weighted by Crippen LogP contribution is -2.46. The molecule has 1 aliphatic carbocycles. The van der Waals surface area contributed by atoms with Crippen LogP contribution in [0, 0.1) is 11.8 Å². The third-order valence-corrected chi connectivity index (χ3v) is 7.62. The number of aliphatic carboxylic acids is 1. The number of nitrogens with one attached hydrogen (secondary N) is 1. The smallest absolute Gasteiger partial charge is 0.306 e. The number of carbonyl (C=O) groups is 1. The van der Waals surface area contributed by atoms with Gasteiger partial charge in [-0.15, -0.1) is 22.9 Å². The number of rotatable bonds is 3. The molecule has 0 radical (unpaired) electrons. The molecule has 0 saturated carbocycles. The Hall–Kier alpha value is -2.19. The molecule has 0 bridgehead atoms. The average molecular weight is 432 g/mol. The first-order valence-electron chi connectivity index (χ1n) is 9.80. The highest BCUT2D eigenvalue weighted by Gasteiger charge is 2.40. The molecular weight excluding hydrogens is 410 g/mol. The molecule has 4 heterocycles. The Labute approximate surface area is 177 Å². The molecule has 9 heteroatoms. The SMILES string of the molecule is CC1C=NN2CC(C)(Cl)C(Nc3ncnc4sc5c(c34)CC[C@H](C(=O)O)C5)=CC12. The van der Waals surface area contributed by atoms with E-state index in [1.54, 1.807) is 17.7 Å². The number of alkyl halides is 1. The highest BCUT2D eigenvalue weighted by molar-refractivity contribution is 7.19. The third-order valence-electron chi connectivity index (χ3n) is 6.14. The van der Waals surface area contributed by atoms with E-state index in [4.69, 9.17) is 11.6 Å². The number of carboxylic acids is 1. The largest absolute Gasteiger partial charge is 0.481 e. The average Bonchev–Trinajstić information content (AvgIpc) is 3.21. The number of carboxylic acid groups (broad SMARTS) is 1. The maximum Gasteiger partial charge on any atom is 0.306 e. The van der Waals surface area contributed by atoms with Crippen molar-refractivity contribution in [3.8, 4) is 0 Å². The number of thiophene rings is 1. The normalized spacial score (nSPS) is 30.8. The fourth-order valence-corrected chi connectivity index (χ4v) is 5.96. The van der Waals surface area contributed by atoms with Crippen LogP contribution >= 0.6 is 22.9 Å². The molecule has 2 aliphatic heterocycles. The highest BCUT2D eigenvalue weighted by atomic mass is 35.5. The van der Waals surface area contributed by atoms with E-state index in [1.807, 2.05) is 18.1 Å². The predicted molar refractivity (Wildman–Crippen MR) is 115 cm³/mol. The molecule has 2 aromatic heterocycles. The molecule has 0 spiro atoms. The Morgan fingerprint density at radius 3 is 3.07 bits per heavy atom. The quantitative estimate of drug-likeness (QED) is 0.723. The summed E-state index contributed by atoms with van der Waals surface area (Å²) in [4.78, 5) is 21.8. The lowest BCUT2D eigenvalue weighted by atomic mass is 9.88. The second kappa shape index (κ2) is 6.67. The summed E-state index contributed by atoms with van der Waals surface area (Å²) in [6, 6.07) is 0.189. The van der Waals surface area contributed by atoms with E-state index in [1.165, 1.54) is 5.56 Å². The molecule has 0 aromatic carbocycles. The van der Waals surface area contributed by atoms with Gasteiger partial charge < -0.3 is 10.4 Å². The van der Waals surface area contributed by atoms with E-state index in [2.05, 4.69) is 33.4 Å². The fourth-order valence-electron chi connectivity index (χ4n) is 4.46. The van der Waals surface area contributed by atoms with E-state index < -0.39 is 10.8 Å². The highest BCUT2D eigenvalue weighted by Crippen LogP contribution is 2.42. The maximum absolute atomic E-state index is 11.4. The molecule has 2 N–H and O–H groups in total. The lowest BCUT2D eigenvalue weighted by Gasteiger charge is -2.39. The Balaban J connectivity index is 1.53. The first-order chi connectivity index (χ1) is 13.8. The summed E-state index contributed by atoms with van der Waals surface area (Å²) >= 11 is 8.45. The summed E-state index contributed by atoms with van der Waals surface area (Å²) in [6.45, 7) is 4.76. The summed E-state index contributed by atoms with van der Waals surface area (Å²) in [5.74, 6) is 0.0356. The van der Waals surface area contributed by atoms with Crippen LogP contribution < -0.4 is 5.32 Å². The van der Waals surface area contributed by atoms with E-state index in [0.29, 0.717) is 25.3 Å². The van der Waals surface area contributed by atoms with Gasteiger partial charge in [0.2, 0.25) is 0 Å². The summed E-state index contributed by atoms with van der Waals surface area (Å²) < 4.78 is 0. The van der Waals surface area contributed by atoms with Crippen LogP contribution in [-0.2, 0) is 17.6 Å². The molecule has 152 valence electrons. The second-order valence-electron chi connectivity index (χ2n) is 8.30. The summed E-state index contributed by atoms with van der Waals surface area (Å²) in [7, 11) is 0. The van der Waals surface area contributed by atoms with Crippen LogP contribution in [-0.4, -0.2) is 49.7 Å². The minimum atomic E-state index is -0.722. The Morgan fingerprint density at radius 2 is 2.28 bits per heavy atom. The minimum Gasteiger partial charge on any atom is -0.481 e. The van der Waals surface area contributed by atoms with Gasteiger partial charge in [-0.1, -0.05) is 6.92 Å². The molecule has 7 nitrogen and oxygen atoms in total. The van der Waals surface area contributed by atoms with Crippen LogP contribution in [0.5, 0.6) is 0 Å². The molecule has 0 fully saturated rings. The van der Waals surface area contributed by atoms with Crippen molar-refractivity contribution in [1.29, 1.82) is 0 Å². The number of fused-ring (bicyclic) bond motifs is 4. The van der Waals surface area contributed by atoms with Gasteiger partial charge >= 0.3 is 5.97 Å². The molecular formula is C20H22ClN5O2S. The molecule has 3 aliphatic rings. The van der Waals surface area contributed by atoms with E-state index in [9.17, 15) is 9.90 Å². The maximum atomic E-state index is 11.4. The lowest BCUT2D eigenvalue weighted by molar-refractivity contribution is -0.142. The fraction of sp³-hybridized carbons (Fsp3) is 0.500. The van der Waals surface area contributed by atoms with Crippen molar-refractivity contribution in [2.45, 2.75) is 44.0 Å². The van der Waals surface area contributed by atoms with Gasteiger partial charge in [0.25, 0.3) is 0 Å². The van der Waals surface area contributed by atoms with Gasteiger partial charge in [-0.2, -0.15) is 5.10 Å². The van der Waals surface area contributed by atoms with Crippen LogP contribution in [0.2, 0.25) is 0 Å². The molecule has 4 atom stereocenters. The topological polar surface area (TPSA) is 90.7 Å². The van der Waals surface area contributed by atoms with Crippen molar-refractivity contribution in [3.05, 3.63) is 28.5 Å². The van der Waals surface area contributed by atoms with Crippen molar-refractivity contribution in [3.63, 3.8) is 0 Å². The Bertz CT molecular complexity index is 1060. The number of nitrogens with zero attached hydrogens (tertiary/aromatic N) is 4. The van der Waals surface area contributed by atoms with E-state index in [0.717, 1.165) is 33.0 Å². The predicted octanol–water partition coefficient (Wildman–Crippen LogP) is 3.49. The molecule has 0 saturated heterocycles. The number of hydrogen-bond donors (Lipinski definition) is 2. The first-order valence-corrected chi connectivity index (χ1v) is 11.0. The van der Waals surface area contributed by atoms with Crippen LogP contribution in [0.1, 0.15) is 30.7 Å². The van der Waals surface area contributed by atoms with Crippen molar-refractivity contribution < 1.29 is 9.90 Å². The zero-order chi connectivity index (χ0) is 20.3. The molecule has 0 amide bonds. The summed E-state index contributed by atoms with van der Waals surface area (Å²) in [5.41, 5.74) is 2.11. The third kappa shape index (κ3) is 3.09. The molecule has 29 heavy (non-hydrogen) atoms. The van der Waals surface area contributed by atoms with Crippen molar-refractivity contribution >= 4 is 51.2 Å². The number of hydrogen-bond acceptors (Lipinski definition) is 7. The van der Waals surface area contributed by atoms with Crippen molar-refractivity contribution in [2.75, 3.05) is 11.9 Å². The van der Waals surface area contributed by atoms with Gasteiger partial charge in [-0.05, 0) is 37.8 Å². The van der Waals surface area contributed by atoms with Gasteiger partial charge in [0.15, 0.2) is 0 Å². The Morgan fingerprint density at radius 1 is 1.45 bits per heavy atom. The van der Waals surface area contributed by atoms with Crippen LogP contribution in [0.25, 0.3) is 10.2 Å². The summed E-state index contributed by atoms with van der Waals surface area (Å²) in [6.07, 6.45) is 7.61. The van der Waals surface area contributed by atoms with E-state index >= 15 is 0 Å². The zero-order valence-corrected chi connectivity index (χ0v) is 17.8. The van der Waals surface area contributed by atoms with E-state index in [-0.39, 0.29) is 12.0 Å². The molecule has 3 unspecified atom stereocenters. The Kier molecular flexibility index (Phi) is 4.33. The monoisotopic (exact) mass is 431 g/mol. The van der Waals surface area contributed by atoms with Crippen LogP contribution in [0.15, 0.2) is 23.2 Å². The molecule has 5 rings (SSSR count). The van der Waals surface area contributed by atoms with Gasteiger partial charge in [-0.25, -0.2) is 9.97 Å². The number of halogens is 1. The number of aromatic nitrogens is 2. The van der Waals surface area contributed by atoms with Gasteiger partial charge in [0.1, 0.15) is 21.8 Å². The number of hydrazone groups is 1. The zero-order valence-electron chi connectivity index (χ0n) is 16.2. The minimum absolute atomic E-state index is 0.189. The standard InChI is InChI=1S/C20H22ClN5O2S/c1-10-7-24-26-8-20(2,21)15(6-13(10)26)25-17-16-12-4-3-11(19(27)28)5-14(12)29-18(16)23-9-22-17/h6-7,9-11,13H,3-5,8H2,1-2H3,(H,27,28)(H,22,23,25)/t10?,11-,13?,20?/m0/s1. The van der Waals surface area contributed by atoms with Crippen molar-refractivity contribution in [2.24, 2.45) is 16.9 Å². The van der Waals surface area contributed by atoms with Crippen LogP contribution in [0.3, 0.4) is 0 Å². The second-order valence-corrected chi connectivity index (χ2v) is 10.2. The van der Waals surface area contributed by atoms with Crippen LogP contribution in [0.4, 0.5) is 5.82 Å². The molecule has 2 aromatic rings. The number of aryl methyl sites for hydroxylation is 1. The van der Waals surface area contributed by atoms with Crippen molar-refractivity contribution in [1.82, 2.24) is 15.0 Å². The summed E-state index contributed by atoms with van der Waals surface area (Å²) in [5, 5.41) is 20.4. The van der Waals surface area contributed by atoms with Gasteiger partial charge in [-0.3, -0.25) is 9.80 Å². The first kappa shape index (κ1) is 18.8. The van der Waals surface area contributed by atoms with Gasteiger partial charge in [0.05, 0.1) is 23.9 Å².